The van der Waals surface area contributed by atoms with Gasteiger partial charge in [0, 0.05) is 0 Å². The Morgan fingerprint density at radius 3 is 2.50 bits per heavy atom. The molecule has 0 radical (unpaired) electrons. The second kappa shape index (κ2) is 8.89. The molecule has 0 saturated heterocycles. The summed E-state index contributed by atoms with van der Waals surface area (Å²) >= 11 is 0. The first-order chi connectivity index (χ1) is 11.4. The average molecular weight is 333 g/mol. The topological polar surface area (TPSA) is 40.5 Å². The van der Waals surface area contributed by atoms with Crippen LogP contribution in [0.2, 0.25) is 0 Å². The first-order valence-electron chi connectivity index (χ1n) is 9.95. The van der Waals surface area contributed by atoms with Crippen molar-refractivity contribution >= 4 is 0 Å². The maximum absolute atomic E-state index is 10.6. The molecule has 0 spiro atoms. The van der Waals surface area contributed by atoms with E-state index in [0.29, 0.717) is 11.7 Å². The summed E-state index contributed by atoms with van der Waals surface area (Å²) in [5.74, 6) is 0.727. The molecule has 0 amide bonds. The van der Waals surface area contributed by atoms with Crippen LogP contribution in [0, 0.1) is 0 Å². The fourth-order valence-electron chi connectivity index (χ4n) is 4.07. The summed E-state index contributed by atoms with van der Waals surface area (Å²) in [5.41, 5.74) is 2.36. The van der Waals surface area contributed by atoms with Crippen LogP contribution in [0.4, 0.5) is 0 Å². The molecule has 0 aliphatic heterocycles. The van der Waals surface area contributed by atoms with Crippen LogP contribution < -0.4 is 0 Å². The second-order valence-corrected chi connectivity index (χ2v) is 8.34. The van der Waals surface area contributed by atoms with E-state index in [4.69, 9.17) is 0 Å². The fourth-order valence-corrected chi connectivity index (χ4v) is 4.07. The molecule has 1 aromatic carbocycles. The Morgan fingerprint density at radius 1 is 1.08 bits per heavy atom. The van der Waals surface area contributed by atoms with E-state index < -0.39 is 0 Å². The zero-order valence-corrected chi connectivity index (χ0v) is 15.9. The quantitative estimate of drug-likeness (QED) is 0.569. The van der Waals surface area contributed by atoms with E-state index in [-0.39, 0.29) is 11.5 Å². The number of benzene rings is 1. The zero-order valence-electron chi connectivity index (χ0n) is 15.9. The molecule has 2 rings (SSSR count). The van der Waals surface area contributed by atoms with Gasteiger partial charge >= 0.3 is 0 Å². The van der Waals surface area contributed by atoms with Crippen LogP contribution in [0.15, 0.2) is 18.2 Å². The van der Waals surface area contributed by atoms with Gasteiger partial charge in [-0.15, -0.1) is 0 Å². The van der Waals surface area contributed by atoms with Gasteiger partial charge in [-0.25, -0.2) is 0 Å². The minimum absolute atomic E-state index is 0.105. The van der Waals surface area contributed by atoms with Crippen molar-refractivity contribution in [3.8, 4) is 5.75 Å². The Balaban J connectivity index is 1.99. The first kappa shape index (κ1) is 19.3. The van der Waals surface area contributed by atoms with Gasteiger partial charge in [0.25, 0.3) is 0 Å². The molecule has 2 atom stereocenters. The minimum atomic E-state index is -0.206. The van der Waals surface area contributed by atoms with Gasteiger partial charge < -0.3 is 10.2 Å². The predicted octanol–water partition coefficient (Wildman–Crippen LogP) is 6.05. The molecular weight excluding hydrogens is 296 g/mol. The largest absolute Gasteiger partial charge is 0.508 e. The molecule has 1 fully saturated rings. The number of hydrogen-bond donors (Lipinski definition) is 2. The van der Waals surface area contributed by atoms with E-state index in [0.717, 1.165) is 37.7 Å². The monoisotopic (exact) mass is 332 g/mol. The molecule has 136 valence electrons. The lowest BCUT2D eigenvalue weighted by Gasteiger charge is -2.29. The van der Waals surface area contributed by atoms with E-state index in [1.165, 1.54) is 37.7 Å². The third-order valence-corrected chi connectivity index (χ3v) is 5.80. The molecule has 1 unspecified atom stereocenters. The van der Waals surface area contributed by atoms with Crippen molar-refractivity contribution in [3.05, 3.63) is 29.3 Å². The summed E-state index contributed by atoms with van der Waals surface area (Å²) in [6.07, 6.45) is 11.3. The summed E-state index contributed by atoms with van der Waals surface area (Å²) in [6.45, 7) is 6.82. The smallest absolute Gasteiger partial charge is 0.119 e. The van der Waals surface area contributed by atoms with Gasteiger partial charge in [0.15, 0.2) is 0 Å². The summed E-state index contributed by atoms with van der Waals surface area (Å²) in [5, 5.41) is 20.4. The van der Waals surface area contributed by atoms with E-state index in [2.05, 4.69) is 32.9 Å². The lowest BCUT2D eigenvalue weighted by atomic mass is 9.77. The maximum Gasteiger partial charge on any atom is 0.119 e. The highest BCUT2D eigenvalue weighted by Gasteiger charge is 2.26. The molecule has 0 aromatic heterocycles. The van der Waals surface area contributed by atoms with Crippen LogP contribution in [-0.2, 0) is 5.41 Å². The molecule has 0 bridgehead atoms. The zero-order chi connectivity index (χ0) is 17.6. The number of aromatic hydroxyl groups is 1. The number of aliphatic hydroxyl groups is 1. The van der Waals surface area contributed by atoms with E-state index in [9.17, 15) is 10.2 Å². The van der Waals surface area contributed by atoms with E-state index in [1.54, 1.807) is 0 Å². The highest BCUT2D eigenvalue weighted by Crippen LogP contribution is 2.40. The van der Waals surface area contributed by atoms with Crippen molar-refractivity contribution in [1.82, 2.24) is 0 Å². The van der Waals surface area contributed by atoms with Gasteiger partial charge in [-0.3, -0.25) is 0 Å². The summed E-state index contributed by atoms with van der Waals surface area (Å²) in [7, 11) is 0. The Kier molecular flexibility index (Phi) is 7.16. The van der Waals surface area contributed by atoms with Crippen LogP contribution in [0.25, 0.3) is 0 Å². The van der Waals surface area contributed by atoms with Gasteiger partial charge in [-0.1, -0.05) is 71.4 Å². The fraction of sp³-hybridized carbons (Fsp3) is 0.727. The molecule has 2 N–H and O–H groups in total. The number of rotatable bonds is 8. The van der Waals surface area contributed by atoms with Gasteiger partial charge in [0.1, 0.15) is 5.75 Å². The van der Waals surface area contributed by atoms with Crippen molar-refractivity contribution in [2.24, 2.45) is 0 Å². The number of phenolic OH excluding ortho intramolecular Hbond substituents is 1. The van der Waals surface area contributed by atoms with Crippen molar-refractivity contribution in [2.75, 3.05) is 0 Å². The van der Waals surface area contributed by atoms with Crippen LogP contribution in [-0.4, -0.2) is 16.3 Å². The molecule has 1 aromatic rings. The Labute approximate surface area is 148 Å². The number of aliphatic hydroxyl groups excluding tert-OH is 1. The summed E-state index contributed by atoms with van der Waals surface area (Å²) < 4.78 is 0. The molecule has 1 saturated carbocycles. The highest BCUT2D eigenvalue weighted by molar-refractivity contribution is 5.41. The predicted molar refractivity (Wildman–Crippen MR) is 102 cm³/mol. The molecule has 0 heterocycles. The normalized spacial score (nSPS) is 21.8. The number of phenols is 1. The molecule has 2 nitrogen and oxygen atoms in total. The second-order valence-electron chi connectivity index (χ2n) is 8.34. The Hall–Kier alpha value is -1.02. The van der Waals surface area contributed by atoms with Crippen molar-refractivity contribution in [3.63, 3.8) is 0 Å². The van der Waals surface area contributed by atoms with Gasteiger partial charge in [-0.05, 0) is 54.2 Å². The molecule has 1 aliphatic carbocycles. The van der Waals surface area contributed by atoms with E-state index in [1.807, 2.05) is 6.07 Å². The summed E-state index contributed by atoms with van der Waals surface area (Å²) in [4.78, 5) is 0. The third-order valence-electron chi connectivity index (χ3n) is 5.80. The van der Waals surface area contributed by atoms with Crippen LogP contribution in [0.5, 0.6) is 5.75 Å². The highest BCUT2D eigenvalue weighted by atomic mass is 16.3. The Bertz CT molecular complexity index is 507. The van der Waals surface area contributed by atoms with Crippen LogP contribution >= 0.6 is 0 Å². The SMILES string of the molecule is CCCCCCCC(C)(C)c1ccc(C2CCC[C@@H](O)C2)c(O)c1. The van der Waals surface area contributed by atoms with Gasteiger partial charge in [-0.2, -0.15) is 0 Å². The van der Waals surface area contributed by atoms with Crippen LogP contribution in [0.1, 0.15) is 102 Å². The first-order valence-corrected chi connectivity index (χ1v) is 9.95. The van der Waals surface area contributed by atoms with Gasteiger partial charge in [0.05, 0.1) is 6.10 Å². The lowest BCUT2D eigenvalue weighted by Crippen LogP contribution is -2.19. The molecule has 24 heavy (non-hydrogen) atoms. The van der Waals surface area contributed by atoms with Crippen LogP contribution in [0.3, 0.4) is 0 Å². The van der Waals surface area contributed by atoms with Crippen molar-refractivity contribution in [1.29, 1.82) is 0 Å². The lowest BCUT2D eigenvalue weighted by molar-refractivity contribution is 0.119. The minimum Gasteiger partial charge on any atom is -0.508 e. The summed E-state index contributed by atoms with van der Waals surface area (Å²) in [6, 6.07) is 6.27. The standard InChI is InChI=1S/C22H36O2/c1-4-5-6-7-8-14-22(2,3)18-12-13-20(21(24)16-18)17-10-9-11-19(23)15-17/h12-13,16-17,19,23-24H,4-11,14-15H2,1-3H3/t17?,19-/m1/s1. The Morgan fingerprint density at radius 2 is 1.83 bits per heavy atom. The molecular formula is C22H36O2. The molecule has 1 aliphatic rings. The third kappa shape index (κ3) is 5.24. The molecule has 2 heteroatoms. The average Bonchev–Trinajstić information content (AvgIpc) is 2.54. The van der Waals surface area contributed by atoms with Gasteiger partial charge in [0.2, 0.25) is 0 Å². The number of hydrogen-bond acceptors (Lipinski definition) is 2. The van der Waals surface area contributed by atoms with E-state index >= 15 is 0 Å². The van der Waals surface area contributed by atoms with Crippen molar-refractivity contribution < 1.29 is 10.2 Å². The number of unbranched alkanes of at least 4 members (excludes halogenated alkanes) is 4. The van der Waals surface area contributed by atoms with Crippen molar-refractivity contribution in [2.45, 2.75) is 102 Å². The maximum atomic E-state index is 10.6.